The van der Waals surface area contributed by atoms with Crippen LogP contribution < -0.4 is 10.6 Å². The van der Waals surface area contributed by atoms with Crippen molar-refractivity contribution in [2.45, 2.75) is 32.2 Å². The molecule has 2 heterocycles. The third-order valence-corrected chi connectivity index (χ3v) is 3.39. The SMILES string of the molecule is CNC(=O)CN1CC(Nc2cc(C(C)(C)C)ncn2)C1. The highest BCUT2D eigenvalue weighted by Gasteiger charge is 2.28. The predicted octanol–water partition coefficient (Wildman–Crippen LogP) is 0.616. The summed E-state index contributed by atoms with van der Waals surface area (Å²) in [5, 5.41) is 6.02. The van der Waals surface area contributed by atoms with Crippen molar-refractivity contribution < 1.29 is 4.79 Å². The fourth-order valence-corrected chi connectivity index (χ4v) is 2.13. The number of carbonyl (C=O) groups excluding carboxylic acids is 1. The van der Waals surface area contributed by atoms with Crippen LogP contribution in [0.4, 0.5) is 5.82 Å². The van der Waals surface area contributed by atoms with Gasteiger partial charge < -0.3 is 10.6 Å². The molecule has 0 saturated carbocycles. The number of carbonyl (C=O) groups is 1. The van der Waals surface area contributed by atoms with E-state index in [1.807, 2.05) is 6.07 Å². The molecule has 2 N–H and O–H groups in total. The van der Waals surface area contributed by atoms with E-state index in [0.717, 1.165) is 24.6 Å². The summed E-state index contributed by atoms with van der Waals surface area (Å²) in [5.41, 5.74) is 1.04. The molecule has 1 aromatic heterocycles. The predicted molar refractivity (Wildman–Crippen MR) is 78.6 cm³/mol. The van der Waals surface area contributed by atoms with Gasteiger partial charge in [0.2, 0.25) is 5.91 Å². The van der Waals surface area contributed by atoms with Gasteiger partial charge in [0.05, 0.1) is 18.3 Å². The maximum atomic E-state index is 11.2. The third-order valence-electron chi connectivity index (χ3n) is 3.39. The Labute approximate surface area is 120 Å². The zero-order valence-electron chi connectivity index (χ0n) is 12.6. The molecule has 6 heteroatoms. The van der Waals surface area contributed by atoms with E-state index in [1.54, 1.807) is 13.4 Å². The molecule has 20 heavy (non-hydrogen) atoms. The Morgan fingerprint density at radius 3 is 2.70 bits per heavy atom. The lowest BCUT2D eigenvalue weighted by atomic mass is 9.92. The highest BCUT2D eigenvalue weighted by atomic mass is 16.1. The number of likely N-dealkylation sites (tertiary alicyclic amines) is 1. The third kappa shape index (κ3) is 3.66. The first-order chi connectivity index (χ1) is 9.38. The molecule has 0 aliphatic carbocycles. The van der Waals surface area contributed by atoms with Crippen LogP contribution in [-0.2, 0) is 10.2 Å². The molecule has 0 atom stereocenters. The summed E-state index contributed by atoms with van der Waals surface area (Å²) in [4.78, 5) is 21.9. The Balaban J connectivity index is 1.86. The summed E-state index contributed by atoms with van der Waals surface area (Å²) in [6.07, 6.45) is 1.60. The molecule has 0 spiro atoms. The zero-order valence-corrected chi connectivity index (χ0v) is 12.6. The van der Waals surface area contributed by atoms with Crippen LogP contribution in [0.15, 0.2) is 12.4 Å². The van der Waals surface area contributed by atoms with E-state index in [2.05, 4.69) is 46.3 Å². The molecule has 0 bridgehead atoms. The fraction of sp³-hybridized carbons (Fsp3) is 0.643. The van der Waals surface area contributed by atoms with Crippen LogP contribution >= 0.6 is 0 Å². The lowest BCUT2D eigenvalue weighted by Gasteiger charge is -2.39. The average Bonchev–Trinajstić information content (AvgIpc) is 2.35. The van der Waals surface area contributed by atoms with Crippen molar-refractivity contribution in [2.75, 3.05) is 32.0 Å². The number of hydrogen-bond donors (Lipinski definition) is 2. The summed E-state index contributed by atoms with van der Waals surface area (Å²) in [7, 11) is 1.66. The first kappa shape index (κ1) is 14.7. The number of hydrogen-bond acceptors (Lipinski definition) is 5. The number of rotatable bonds is 4. The largest absolute Gasteiger partial charge is 0.365 e. The van der Waals surface area contributed by atoms with Crippen LogP contribution in [0.5, 0.6) is 0 Å². The molecule has 1 fully saturated rings. The number of aromatic nitrogens is 2. The number of likely N-dealkylation sites (N-methyl/N-ethyl adjacent to an activating group) is 1. The smallest absolute Gasteiger partial charge is 0.233 e. The van der Waals surface area contributed by atoms with Gasteiger partial charge in [-0.1, -0.05) is 20.8 Å². The Kier molecular flexibility index (Phi) is 4.23. The maximum absolute atomic E-state index is 11.2. The average molecular weight is 277 g/mol. The number of anilines is 1. The standard InChI is InChI=1S/C14H23N5O/c1-14(2,3)11-5-12(17-9-16-11)18-10-6-19(7-10)8-13(20)15-4/h5,9-10H,6-8H2,1-4H3,(H,15,20)(H,16,17,18). The molecule has 1 aliphatic rings. The summed E-state index contributed by atoms with van der Waals surface area (Å²) in [6.45, 7) is 8.59. The second-order valence-electron chi connectivity index (χ2n) is 6.25. The van der Waals surface area contributed by atoms with Crippen molar-refractivity contribution in [3.05, 3.63) is 18.1 Å². The highest BCUT2D eigenvalue weighted by Crippen LogP contribution is 2.22. The minimum absolute atomic E-state index is 0.0181. The van der Waals surface area contributed by atoms with E-state index >= 15 is 0 Å². The summed E-state index contributed by atoms with van der Waals surface area (Å²) in [5.74, 6) is 0.912. The summed E-state index contributed by atoms with van der Waals surface area (Å²) < 4.78 is 0. The minimum Gasteiger partial charge on any atom is -0.365 e. The van der Waals surface area contributed by atoms with Crippen molar-refractivity contribution in [3.63, 3.8) is 0 Å². The molecule has 1 amide bonds. The second-order valence-corrected chi connectivity index (χ2v) is 6.25. The van der Waals surface area contributed by atoms with E-state index in [1.165, 1.54) is 0 Å². The van der Waals surface area contributed by atoms with Gasteiger partial charge in [0.15, 0.2) is 0 Å². The first-order valence-electron chi connectivity index (χ1n) is 6.90. The molecule has 1 saturated heterocycles. The van der Waals surface area contributed by atoms with Crippen LogP contribution in [0.25, 0.3) is 0 Å². The Bertz CT molecular complexity index is 477. The molecule has 0 aromatic carbocycles. The van der Waals surface area contributed by atoms with Crippen LogP contribution in [0.2, 0.25) is 0 Å². The molecule has 0 unspecified atom stereocenters. The van der Waals surface area contributed by atoms with Gasteiger partial charge in [-0.3, -0.25) is 9.69 Å². The van der Waals surface area contributed by atoms with E-state index < -0.39 is 0 Å². The highest BCUT2D eigenvalue weighted by molar-refractivity contribution is 5.77. The van der Waals surface area contributed by atoms with Gasteiger partial charge in [-0.25, -0.2) is 9.97 Å². The van der Waals surface area contributed by atoms with Crippen molar-refractivity contribution in [1.82, 2.24) is 20.2 Å². The van der Waals surface area contributed by atoms with Gasteiger partial charge in [-0.2, -0.15) is 0 Å². The first-order valence-corrected chi connectivity index (χ1v) is 6.90. The monoisotopic (exact) mass is 277 g/mol. The number of nitrogens with one attached hydrogen (secondary N) is 2. The van der Waals surface area contributed by atoms with Gasteiger partial charge in [-0.05, 0) is 0 Å². The van der Waals surface area contributed by atoms with Crippen LogP contribution in [0.3, 0.4) is 0 Å². The van der Waals surface area contributed by atoms with E-state index in [0.29, 0.717) is 12.6 Å². The van der Waals surface area contributed by atoms with Gasteiger partial charge in [-0.15, -0.1) is 0 Å². The quantitative estimate of drug-likeness (QED) is 0.844. The maximum Gasteiger partial charge on any atom is 0.233 e. The Morgan fingerprint density at radius 2 is 2.10 bits per heavy atom. The normalized spacial score (nSPS) is 16.6. The van der Waals surface area contributed by atoms with Crippen molar-refractivity contribution in [1.29, 1.82) is 0 Å². The van der Waals surface area contributed by atoms with E-state index in [-0.39, 0.29) is 11.3 Å². The number of nitrogens with zero attached hydrogens (tertiary/aromatic N) is 3. The molecule has 110 valence electrons. The molecule has 2 rings (SSSR count). The van der Waals surface area contributed by atoms with Gasteiger partial charge >= 0.3 is 0 Å². The summed E-state index contributed by atoms with van der Waals surface area (Å²) >= 11 is 0. The molecule has 1 aliphatic heterocycles. The van der Waals surface area contributed by atoms with Crippen LogP contribution in [0.1, 0.15) is 26.5 Å². The van der Waals surface area contributed by atoms with Crippen LogP contribution in [0, 0.1) is 0 Å². The van der Waals surface area contributed by atoms with Gasteiger partial charge in [0, 0.05) is 31.6 Å². The van der Waals surface area contributed by atoms with Crippen molar-refractivity contribution >= 4 is 11.7 Å². The lowest BCUT2D eigenvalue weighted by molar-refractivity contribution is -0.122. The number of amides is 1. The molecular weight excluding hydrogens is 254 g/mol. The van der Waals surface area contributed by atoms with Crippen molar-refractivity contribution in [2.24, 2.45) is 0 Å². The second kappa shape index (κ2) is 5.75. The van der Waals surface area contributed by atoms with Gasteiger partial charge in [0.1, 0.15) is 12.1 Å². The molecule has 6 nitrogen and oxygen atoms in total. The molecular formula is C14H23N5O. The lowest BCUT2D eigenvalue weighted by Crippen LogP contribution is -2.57. The van der Waals surface area contributed by atoms with Gasteiger partial charge in [0.25, 0.3) is 0 Å². The Morgan fingerprint density at radius 1 is 1.40 bits per heavy atom. The Hall–Kier alpha value is -1.69. The van der Waals surface area contributed by atoms with Crippen molar-refractivity contribution in [3.8, 4) is 0 Å². The molecule has 1 aromatic rings. The molecule has 0 radical (unpaired) electrons. The summed E-state index contributed by atoms with van der Waals surface area (Å²) in [6, 6.07) is 2.35. The topological polar surface area (TPSA) is 70.2 Å². The zero-order chi connectivity index (χ0) is 14.8. The van der Waals surface area contributed by atoms with Crippen LogP contribution in [-0.4, -0.2) is 53.5 Å². The van der Waals surface area contributed by atoms with E-state index in [4.69, 9.17) is 0 Å². The van der Waals surface area contributed by atoms with E-state index in [9.17, 15) is 4.79 Å². The fourth-order valence-electron chi connectivity index (χ4n) is 2.13. The minimum atomic E-state index is 0.0181.